The summed E-state index contributed by atoms with van der Waals surface area (Å²) in [4.78, 5) is 21.2. The number of methoxy groups -OCH3 is 1. The molecule has 0 saturated carbocycles. The third-order valence-corrected chi connectivity index (χ3v) is 10.7. The second-order valence-electron chi connectivity index (χ2n) is 13.9. The monoisotopic (exact) mass is 769 g/mol. The number of sulfone groups is 1. The summed E-state index contributed by atoms with van der Waals surface area (Å²) in [5, 5.41) is 4.85. The fourth-order valence-electron chi connectivity index (χ4n) is 7.11. The lowest BCUT2D eigenvalue weighted by Gasteiger charge is -2.24. The lowest BCUT2D eigenvalue weighted by atomic mass is 9.89. The van der Waals surface area contributed by atoms with Crippen LogP contribution in [0, 0.1) is 17.6 Å². The van der Waals surface area contributed by atoms with Gasteiger partial charge in [-0.25, -0.2) is 32.2 Å². The van der Waals surface area contributed by atoms with Crippen molar-refractivity contribution in [3.05, 3.63) is 77.3 Å². The molecule has 2 heterocycles. The van der Waals surface area contributed by atoms with Crippen molar-refractivity contribution in [2.45, 2.75) is 77.7 Å². The van der Waals surface area contributed by atoms with E-state index in [1.165, 1.54) is 23.7 Å². The smallest absolute Gasteiger partial charge is 0.164 e. The number of nitrogens with two attached hydrogens (primary N) is 1. The topological polar surface area (TPSA) is 135 Å². The molecular formula is C40H57F2N7O4S. The first-order valence-electron chi connectivity index (χ1n) is 18.9. The van der Waals surface area contributed by atoms with Gasteiger partial charge in [0.2, 0.25) is 0 Å². The third-order valence-electron chi connectivity index (χ3n) is 9.73. The molecule has 1 saturated heterocycles. The van der Waals surface area contributed by atoms with Crippen molar-refractivity contribution in [2.24, 2.45) is 16.6 Å². The highest BCUT2D eigenvalue weighted by Gasteiger charge is 2.32. The van der Waals surface area contributed by atoms with Crippen molar-refractivity contribution < 1.29 is 26.8 Å². The van der Waals surface area contributed by atoms with E-state index in [1.54, 1.807) is 38.7 Å². The molecule has 11 nitrogen and oxygen atoms in total. The number of aryl methyl sites for hydroxylation is 1. The van der Waals surface area contributed by atoms with E-state index >= 15 is 0 Å². The average Bonchev–Trinajstić information content (AvgIpc) is 3.64. The summed E-state index contributed by atoms with van der Waals surface area (Å²) in [7, 11) is 0.333. The molecule has 1 aliphatic rings. The zero-order valence-corrected chi connectivity index (χ0v) is 33.2. The van der Waals surface area contributed by atoms with Crippen LogP contribution < -0.4 is 20.9 Å². The molecule has 14 heteroatoms. The van der Waals surface area contributed by atoms with Crippen molar-refractivity contribution in [1.29, 1.82) is 0 Å². The number of nitrogens with one attached hydrogen (secondary N) is 1. The Morgan fingerprint density at radius 1 is 1.13 bits per heavy atom. The standard InChI is InChI=1S/C40H57F2N7O4S/c1-6-11-29(13-10-19-48(18-7-2)20-22-54(5,50)51)12-8-14-30-23-37(52-4)35(24-33(30)31(26-43)27-44-3)47-38-25-39(46-28-45-38)49-36(17-21-53-49)32-15-9-16-34(41)40(32)42/h9,15-16,23-29,36H,6-8,10-14,17-22,43H2,1-5H3,(H,45,46,47)/t29?,36-/m1/s1. The number of benzene rings is 2. The molecule has 2 atom stereocenters. The zero-order chi connectivity index (χ0) is 39.1. The summed E-state index contributed by atoms with van der Waals surface area (Å²) in [5.74, 6) is 0.414. The van der Waals surface area contributed by atoms with Crippen LogP contribution in [0.4, 0.5) is 26.1 Å². The first-order chi connectivity index (χ1) is 26.0. The maximum Gasteiger partial charge on any atom is 0.164 e. The number of nitrogens with zero attached hydrogens (tertiary/aromatic N) is 5. The molecule has 1 fully saturated rings. The summed E-state index contributed by atoms with van der Waals surface area (Å²) >= 11 is 0. The lowest BCUT2D eigenvalue weighted by Crippen LogP contribution is -2.31. The van der Waals surface area contributed by atoms with Gasteiger partial charge in [0.05, 0.1) is 31.2 Å². The van der Waals surface area contributed by atoms with Crippen molar-refractivity contribution in [2.75, 3.05) is 62.8 Å². The molecule has 0 aliphatic carbocycles. The van der Waals surface area contributed by atoms with E-state index in [0.717, 1.165) is 87.2 Å². The van der Waals surface area contributed by atoms with Gasteiger partial charge >= 0.3 is 0 Å². The molecule has 3 N–H and O–H groups in total. The number of ether oxygens (including phenoxy) is 1. The highest BCUT2D eigenvalue weighted by Crippen LogP contribution is 2.38. The number of rotatable bonds is 22. The molecule has 0 bridgehead atoms. The fraction of sp³-hybridized carbons (Fsp3) is 0.525. The molecule has 2 aromatic carbocycles. The summed E-state index contributed by atoms with van der Waals surface area (Å²) in [5.41, 5.74) is 9.74. The molecule has 3 aromatic rings. The molecular weight excluding hydrogens is 713 g/mol. The van der Waals surface area contributed by atoms with Gasteiger partial charge in [-0.2, -0.15) is 0 Å². The Morgan fingerprint density at radius 2 is 1.93 bits per heavy atom. The van der Waals surface area contributed by atoms with Gasteiger partial charge in [0.15, 0.2) is 17.5 Å². The van der Waals surface area contributed by atoms with E-state index in [4.69, 9.17) is 15.3 Å². The average molecular weight is 770 g/mol. The number of aliphatic imine (C=N–C) groups is 1. The highest BCUT2D eigenvalue weighted by molar-refractivity contribution is 7.90. The third kappa shape index (κ3) is 12.2. The van der Waals surface area contributed by atoms with Gasteiger partial charge in [-0.15, -0.1) is 0 Å². The van der Waals surface area contributed by atoms with Crippen LogP contribution in [0.15, 0.2) is 53.9 Å². The first-order valence-corrected chi connectivity index (χ1v) is 21.0. The van der Waals surface area contributed by atoms with Crippen LogP contribution in [0.2, 0.25) is 0 Å². The van der Waals surface area contributed by atoms with Gasteiger partial charge in [-0.1, -0.05) is 45.2 Å². The molecule has 0 spiro atoms. The molecule has 1 unspecified atom stereocenters. The maximum atomic E-state index is 14.8. The number of hydroxylamine groups is 1. The molecule has 296 valence electrons. The zero-order valence-electron chi connectivity index (χ0n) is 32.4. The molecule has 1 aromatic heterocycles. The van der Waals surface area contributed by atoms with E-state index < -0.39 is 27.5 Å². The summed E-state index contributed by atoms with van der Waals surface area (Å²) in [6.45, 7) is 7.08. The number of hydrogen-bond acceptors (Lipinski definition) is 11. The minimum Gasteiger partial charge on any atom is -0.495 e. The van der Waals surface area contributed by atoms with Crippen molar-refractivity contribution in [3.8, 4) is 5.75 Å². The van der Waals surface area contributed by atoms with Gasteiger partial charge in [0.1, 0.15) is 27.7 Å². The first kappa shape index (κ1) is 42.6. The van der Waals surface area contributed by atoms with Crippen molar-refractivity contribution in [1.82, 2.24) is 14.9 Å². The highest BCUT2D eigenvalue weighted by atomic mass is 32.2. The van der Waals surface area contributed by atoms with Gasteiger partial charge in [0, 0.05) is 55.9 Å². The Morgan fingerprint density at radius 3 is 2.63 bits per heavy atom. The summed E-state index contributed by atoms with van der Waals surface area (Å²) in [6.07, 6.45) is 14.7. The lowest BCUT2D eigenvalue weighted by molar-refractivity contribution is 0.156. The van der Waals surface area contributed by atoms with Gasteiger partial charge < -0.3 is 20.7 Å². The number of anilines is 3. The van der Waals surface area contributed by atoms with Crippen LogP contribution in [0.25, 0.3) is 5.57 Å². The van der Waals surface area contributed by atoms with Crippen LogP contribution in [0.1, 0.15) is 87.9 Å². The van der Waals surface area contributed by atoms with E-state index in [9.17, 15) is 17.2 Å². The SMILES string of the molecule is CCCC(CCCc1cc(OC)c(Nc2cc(N3OCC[C@@H]3c3cccc(F)c3F)ncn2)cc1C(C=NC)=CN)CCCN(CCC)CCS(C)(=O)=O. The van der Waals surface area contributed by atoms with Crippen LogP contribution in [-0.4, -0.2) is 81.9 Å². The van der Waals surface area contributed by atoms with E-state index in [-0.39, 0.29) is 11.3 Å². The molecule has 54 heavy (non-hydrogen) atoms. The summed E-state index contributed by atoms with van der Waals surface area (Å²) < 4.78 is 58.2. The predicted octanol–water partition coefficient (Wildman–Crippen LogP) is 7.67. The fourth-order valence-corrected chi connectivity index (χ4v) is 7.70. The second kappa shape index (κ2) is 21.1. The Balaban J connectivity index is 1.50. The van der Waals surface area contributed by atoms with Crippen molar-refractivity contribution in [3.63, 3.8) is 0 Å². The Kier molecular flexibility index (Phi) is 16.6. The molecule has 4 rings (SSSR count). The van der Waals surface area contributed by atoms with Crippen LogP contribution in [-0.2, 0) is 21.1 Å². The van der Waals surface area contributed by atoms with Gasteiger partial charge in [0.25, 0.3) is 0 Å². The predicted molar refractivity (Wildman–Crippen MR) is 214 cm³/mol. The normalized spacial score (nSPS) is 15.7. The summed E-state index contributed by atoms with van der Waals surface area (Å²) in [6, 6.07) is 9.27. The Hall–Kier alpha value is -4.14. The van der Waals surface area contributed by atoms with Gasteiger partial charge in [-0.3, -0.25) is 9.83 Å². The van der Waals surface area contributed by atoms with Gasteiger partial charge in [-0.05, 0) is 80.4 Å². The van der Waals surface area contributed by atoms with Crippen LogP contribution in [0.5, 0.6) is 5.75 Å². The quantitative estimate of drug-likeness (QED) is 0.0981. The second-order valence-corrected chi connectivity index (χ2v) is 16.1. The number of hydrogen-bond donors (Lipinski definition) is 2. The molecule has 1 aliphatic heterocycles. The number of aromatic nitrogens is 2. The number of halogens is 2. The Labute approximate surface area is 319 Å². The van der Waals surface area contributed by atoms with Crippen LogP contribution >= 0.6 is 0 Å². The largest absolute Gasteiger partial charge is 0.495 e. The van der Waals surface area contributed by atoms with E-state index in [0.29, 0.717) is 48.6 Å². The van der Waals surface area contributed by atoms with E-state index in [1.807, 2.05) is 12.1 Å². The minimum atomic E-state index is -2.99. The molecule has 0 radical (unpaired) electrons. The maximum absolute atomic E-state index is 14.8. The van der Waals surface area contributed by atoms with E-state index in [2.05, 4.69) is 39.0 Å². The minimum absolute atomic E-state index is 0.196. The molecule has 0 amide bonds. The number of allylic oxidation sites excluding steroid dienone is 1. The Bertz CT molecular complexity index is 1830. The van der Waals surface area contributed by atoms with Crippen molar-refractivity contribution >= 4 is 38.9 Å². The van der Waals surface area contributed by atoms with Crippen LogP contribution in [0.3, 0.4) is 0 Å².